The zero-order valence-electron chi connectivity index (χ0n) is 14.8. The summed E-state index contributed by atoms with van der Waals surface area (Å²) in [5, 5.41) is 14.5. The van der Waals surface area contributed by atoms with Crippen LogP contribution in [0.4, 0.5) is 5.69 Å². The number of hydrogen-bond donors (Lipinski definition) is 1. The third-order valence-corrected chi connectivity index (χ3v) is 3.45. The highest BCUT2D eigenvalue weighted by molar-refractivity contribution is 5.83. The summed E-state index contributed by atoms with van der Waals surface area (Å²) < 4.78 is 10.7. The van der Waals surface area contributed by atoms with Gasteiger partial charge in [-0.05, 0) is 24.1 Å². The van der Waals surface area contributed by atoms with Gasteiger partial charge in [-0.25, -0.2) is 5.43 Å². The maximum Gasteiger partial charge on any atom is 0.277 e. The van der Waals surface area contributed by atoms with Crippen LogP contribution in [0.5, 0.6) is 11.5 Å². The highest BCUT2D eigenvalue weighted by Crippen LogP contribution is 2.28. The number of rotatable bonds is 9. The van der Waals surface area contributed by atoms with E-state index in [0.717, 1.165) is 5.56 Å². The van der Waals surface area contributed by atoms with Crippen LogP contribution in [0.3, 0.4) is 0 Å². The highest BCUT2D eigenvalue weighted by Gasteiger charge is 2.08. The number of non-ortho nitro benzene ring substituents is 1. The Morgan fingerprint density at radius 2 is 2.11 bits per heavy atom. The highest BCUT2D eigenvalue weighted by atomic mass is 16.6. The lowest BCUT2D eigenvalue weighted by Gasteiger charge is -2.11. The number of nitro groups is 1. The molecule has 0 unspecified atom stereocenters. The molecule has 1 N–H and O–H groups in total. The number of benzene rings is 2. The number of carbonyl (C=O) groups is 1. The van der Waals surface area contributed by atoms with Crippen LogP contribution in [0.15, 0.2) is 60.2 Å². The number of methoxy groups -OCH3 is 1. The van der Waals surface area contributed by atoms with Crippen molar-refractivity contribution in [1.29, 1.82) is 0 Å². The number of hydrogen-bond acceptors (Lipinski definition) is 6. The Balaban J connectivity index is 1.90. The lowest BCUT2D eigenvalue weighted by molar-refractivity contribution is -0.384. The summed E-state index contributed by atoms with van der Waals surface area (Å²) in [5.41, 5.74) is 3.75. The third kappa shape index (κ3) is 5.96. The minimum absolute atomic E-state index is 0.0550. The van der Waals surface area contributed by atoms with Crippen LogP contribution in [-0.4, -0.2) is 30.8 Å². The number of ether oxygens (including phenoxy) is 2. The molecule has 0 aromatic heterocycles. The number of nitrogens with zero attached hydrogens (tertiary/aromatic N) is 2. The first kappa shape index (κ1) is 19.6. The monoisotopic (exact) mass is 369 g/mol. The summed E-state index contributed by atoms with van der Waals surface area (Å²) in [5.74, 6) is 0.472. The van der Waals surface area contributed by atoms with E-state index in [1.807, 2.05) is 12.1 Å². The molecule has 0 atom stereocenters. The van der Waals surface area contributed by atoms with Crippen molar-refractivity contribution in [3.63, 3.8) is 0 Å². The van der Waals surface area contributed by atoms with Gasteiger partial charge < -0.3 is 9.47 Å². The number of nitrogens with one attached hydrogen (secondary N) is 1. The van der Waals surface area contributed by atoms with E-state index in [0.29, 0.717) is 23.5 Å². The molecule has 140 valence electrons. The average molecular weight is 369 g/mol. The van der Waals surface area contributed by atoms with Crippen molar-refractivity contribution in [2.75, 3.05) is 13.7 Å². The van der Waals surface area contributed by atoms with Crippen molar-refractivity contribution in [1.82, 2.24) is 5.43 Å². The minimum Gasteiger partial charge on any atom is -0.493 e. The number of amides is 1. The van der Waals surface area contributed by atoms with E-state index in [1.54, 1.807) is 18.2 Å². The van der Waals surface area contributed by atoms with Gasteiger partial charge in [-0.3, -0.25) is 14.9 Å². The first-order valence-electron chi connectivity index (χ1n) is 8.00. The first-order chi connectivity index (χ1) is 13.0. The maximum absolute atomic E-state index is 11.8. The van der Waals surface area contributed by atoms with Gasteiger partial charge in [0.1, 0.15) is 0 Å². The topological polar surface area (TPSA) is 103 Å². The Labute approximate surface area is 156 Å². The van der Waals surface area contributed by atoms with Crippen LogP contribution in [0.2, 0.25) is 0 Å². The summed E-state index contributed by atoms with van der Waals surface area (Å²) in [6, 6.07) is 11.3. The predicted molar refractivity (Wildman–Crippen MR) is 101 cm³/mol. The number of hydrazone groups is 1. The first-order valence-corrected chi connectivity index (χ1v) is 8.00. The zero-order chi connectivity index (χ0) is 19.6. The van der Waals surface area contributed by atoms with Gasteiger partial charge in [0, 0.05) is 17.7 Å². The molecule has 0 heterocycles. The lowest BCUT2D eigenvalue weighted by Crippen LogP contribution is -2.24. The van der Waals surface area contributed by atoms with E-state index >= 15 is 0 Å². The smallest absolute Gasteiger partial charge is 0.277 e. The molecule has 0 aliphatic carbocycles. The van der Waals surface area contributed by atoms with E-state index in [4.69, 9.17) is 9.47 Å². The van der Waals surface area contributed by atoms with Crippen LogP contribution in [0, 0.1) is 10.1 Å². The third-order valence-electron chi connectivity index (χ3n) is 3.45. The summed E-state index contributed by atoms with van der Waals surface area (Å²) in [6.45, 7) is 3.43. The van der Waals surface area contributed by atoms with Gasteiger partial charge in [-0.1, -0.05) is 24.3 Å². The molecular formula is C19H19N3O5. The molecular weight excluding hydrogens is 350 g/mol. The molecule has 0 saturated heterocycles. The molecule has 27 heavy (non-hydrogen) atoms. The largest absolute Gasteiger partial charge is 0.493 e. The molecule has 0 fully saturated rings. The van der Waals surface area contributed by atoms with Crippen molar-refractivity contribution >= 4 is 17.8 Å². The Hall–Kier alpha value is -3.68. The standard InChI is InChI=1S/C19H19N3O5/c1-3-5-14-8-9-17(18(11-14)26-2)27-13-19(23)21-20-12-15-6-4-7-16(10-15)22(24)25/h3-4,6-12H,1,5,13H2,2H3,(H,21,23)/b20-12+. The van der Waals surface area contributed by atoms with E-state index in [9.17, 15) is 14.9 Å². The van der Waals surface area contributed by atoms with E-state index < -0.39 is 10.8 Å². The average Bonchev–Trinajstić information content (AvgIpc) is 2.67. The number of nitro benzene ring substituents is 1. The van der Waals surface area contributed by atoms with Crippen LogP contribution >= 0.6 is 0 Å². The second-order valence-corrected chi connectivity index (χ2v) is 5.41. The van der Waals surface area contributed by atoms with Gasteiger partial charge in [0.2, 0.25) is 0 Å². The van der Waals surface area contributed by atoms with Crippen LogP contribution < -0.4 is 14.9 Å². The molecule has 2 aromatic rings. The fourth-order valence-corrected chi connectivity index (χ4v) is 2.20. The Morgan fingerprint density at radius 3 is 2.81 bits per heavy atom. The van der Waals surface area contributed by atoms with E-state index in [1.165, 1.54) is 31.5 Å². The summed E-state index contributed by atoms with van der Waals surface area (Å²) in [4.78, 5) is 22.1. The summed E-state index contributed by atoms with van der Waals surface area (Å²) >= 11 is 0. The SMILES string of the molecule is C=CCc1ccc(OCC(=O)N/N=C/c2cccc([N+](=O)[O-])c2)c(OC)c1. The molecule has 2 aromatic carbocycles. The summed E-state index contributed by atoms with van der Waals surface area (Å²) in [6.07, 6.45) is 3.79. The van der Waals surface area contributed by atoms with Crippen molar-refractivity contribution in [2.45, 2.75) is 6.42 Å². The second-order valence-electron chi connectivity index (χ2n) is 5.41. The van der Waals surface area contributed by atoms with Crippen LogP contribution in [-0.2, 0) is 11.2 Å². The minimum atomic E-state index is -0.503. The fraction of sp³-hybridized carbons (Fsp3) is 0.158. The molecule has 0 saturated carbocycles. The molecule has 8 nitrogen and oxygen atoms in total. The molecule has 8 heteroatoms. The molecule has 0 bridgehead atoms. The normalized spacial score (nSPS) is 10.4. The lowest BCUT2D eigenvalue weighted by atomic mass is 10.1. The van der Waals surface area contributed by atoms with Crippen molar-refractivity contribution in [2.24, 2.45) is 5.10 Å². The van der Waals surface area contributed by atoms with Crippen molar-refractivity contribution in [3.05, 3.63) is 76.4 Å². The maximum atomic E-state index is 11.8. The van der Waals surface area contributed by atoms with E-state index in [2.05, 4.69) is 17.1 Å². The molecule has 0 radical (unpaired) electrons. The van der Waals surface area contributed by atoms with Gasteiger partial charge in [0.15, 0.2) is 18.1 Å². The quantitative estimate of drug-likeness (QED) is 0.317. The van der Waals surface area contributed by atoms with Gasteiger partial charge in [0.25, 0.3) is 11.6 Å². The molecule has 2 rings (SSSR count). The van der Waals surface area contributed by atoms with Crippen molar-refractivity contribution in [3.8, 4) is 11.5 Å². The number of allylic oxidation sites excluding steroid dienone is 1. The number of carbonyl (C=O) groups excluding carboxylic acids is 1. The zero-order valence-corrected chi connectivity index (χ0v) is 14.8. The Morgan fingerprint density at radius 1 is 1.30 bits per heavy atom. The van der Waals surface area contributed by atoms with Gasteiger partial charge in [-0.15, -0.1) is 6.58 Å². The molecule has 0 spiro atoms. The molecule has 0 aliphatic heterocycles. The second kappa shape index (κ2) is 9.71. The van der Waals surface area contributed by atoms with Crippen LogP contribution in [0.1, 0.15) is 11.1 Å². The molecule has 0 aliphatic rings. The van der Waals surface area contributed by atoms with Crippen molar-refractivity contribution < 1.29 is 19.2 Å². The van der Waals surface area contributed by atoms with Crippen LogP contribution in [0.25, 0.3) is 0 Å². The van der Waals surface area contributed by atoms with Gasteiger partial charge >= 0.3 is 0 Å². The predicted octanol–water partition coefficient (Wildman–Crippen LogP) is 2.86. The van der Waals surface area contributed by atoms with Gasteiger partial charge in [-0.2, -0.15) is 5.10 Å². The van der Waals surface area contributed by atoms with Gasteiger partial charge in [0.05, 0.1) is 18.2 Å². The summed E-state index contributed by atoms with van der Waals surface area (Å²) in [7, 11) is 1.52. The fourth-order valence-electron chi connectivity index (χ4n) is 2.20. The van der Waals surface area contributed by atoms with E-state index in [-0.39, 0.29) is 12.3 Å². The Kier molecular flexibility index (Phi) is 7.07. The molecule has 1 amide bonds. The Bertz CT molecular complexity index is 864.